The summed E-state index contributed by atoms with van der Waals surface area (Å²) in [5, 5.41) is 11.3. The molecule has 0 aromatic heterocycles. The van der Waals surface area contributed by atoms with Crippen molar-refractivity contribution in [3.8, 4) is 11.5 Å². The second-order valence-electron chi connectivity index (χ2n) is 9.42. The number of ether oxygens (including phenoxy) is 2. The van der Waals surface area contributed by atoms with Gasteiger partial charge in [-0.25, -0.2) is 4.79 Å². The Morgan fingerprint density at radius 1 is 0.976 bits per heavy atom. The zero-order valence-corrected chi connectivity index (χ0v) is 22.3. The van der Waals surface area contributed by atoms with Crippen LogP contribution in [0.4, 0.5) is 23.7 Å². The average Bonchev–Trinajstić information content (AvgIpc) is 3.42. The topological polar surface area (TPSA) is 108 Å². The smallest absolute Gasteiger partial charge is 0.489 e. The molecule has 42 heavy (non-hydrogen) atoms. The van der Waals surface area contributed by atoms with Gasteiger partial charge in [0.15, 0.2) is 0 Å². The first-order chi connectivity index (χ1) is 20.1. The van der Waals surface area contributed by atoms with E-state index in [9.17, 15) is 27.6 Å². The number of alkyl halides is 3. The minimum Gasteiger partial charge on any atom is -0.489 e. The van der Waals surface area contributed by atoms with E-state index in [-0.39, 0.29) is 37.4 Å². The minimum absolute atomic E-state index is 0.0765. The second kappa shape index (κ2) is 13.6. The SMILES string of the molecule is O=C(O)N[C@H]1CCN(C(=O)CN(C(=O)C=Cc2ccccc2)c2ccc(OCc3ccc(OC(F)(F)F)cc3)cc2)C1. The Balaban J connectivity index is 1.43. The van der Waals surface area contributed by atoms with Gasteiger partial charge in [0, 0.05) is 24.9 Å². The number of hydrogen-bond acceptors (Lipinski definition) is 5. The molecule has 1 fully saturated rings. The average molecular weight is 584 g/mol. The van der Waals surface area contributed by atoms with Gasteiger partial charge in [0.2, 0.25) is 5.91 Å². The van der Waals surface area contributed by atoms with Gasteiger partial charge in [-0.3, -0.25) is 14.5 Å². The van der Waals surface area contributed by atoms with Crippen molar-refractivity contribution in [2.75, 3.05) is 24.5 Å². The number of rotatable bonds is 10. The predicted molar refractivity (Wildman–Crippen MR) is 148 cm³/mol. The van der Waals surface area contributed by atoms with E-state index in [0.29, 0.717) is 30.0 Å². The lowest BCUT2D eigenvalue weighted by atomic mass is 10.2. The molecule has 3 aromatic rings. The van der Waals surface area contributed by atoms with Crippen LogP contribution in [0.5, 0.6) is 11.5 Å². The Labute approximate surface area is 239 Å². The van der Waals surface area contributed by atoms with Gasteiger partial charge < -0.3 is 24.8 Å². The maximum atomic E-state index is 13.3. The van der Waals surface area contributed by atoms with Crippen LogP contribution >= 0.6 is 0 Å². The maximum absolute atomic E-state index is 13.3. The molecule has 3 aromatic carbocycles. The molecular weight excluding hydrogens is 555 g/mol. The number of nitrogens with one attached hydrogen (secondary N) is 1. The lowest BCUT2D eigenvalue weighted by molar-refractivity contribution is -0.274. The van der Waals surface area contributed by atoms with Crippen molar-refractivity contribution in [2.45, 2.75) is 25.4 Å². The number of carbonyl (C=O) groups is 3. The van der Waals surface area contributed by atoms with Gasteiger partial charge in [0.05, 0.1) is 6.04 Å². The number of carboxylic acid groups (broad SMARTS) is 1. The Morgan fingerprint density at radius 2 is 1.64 bits per heavy atom. The van der Waals surface area contributed by atoms with Crippen LogP contribution in [0, 0.1) is 0 Å². The van der Waals surface area contributed by atoms with Crippen LogP contribution in [0.2, 0.25) is 0 Å². The van der Waals surface area contributed by atoms with E-state index >= 15 is 0 Å². The lowest BCUT2D eigenvalue weighted by Gasteiger charge is -2.25. The Hall–Kier alpha value is -5.00. The molecule has 0 radical (unpaired) electrons. The quantitative estimate of drug-likeness (QED) is 0.323. The summed E-state index contributed by atoms with van der Waals surface area (Å²) in [7, 11) is 0. The van der Waals surface area contributed by atoms with Crippen LogP contribution in [0.3, 0.4) is 0 Å². The summed E-state index contributed by atoms with van der Waals surface area (Å²) in [6.45, 7) is 0.391. The van der Waals surface area contributed by atoms with Crippen LogP contribution in [-0.2, 0) is 16.2 Å². The molecule has 3 amide bonds. The van der Waals surface area contributed by atoms with Gasteiger partial charge in [-0.2, -0.15) is 0 Å². The molecule has 0 unspecified atom stereocenters. The van der Waals surface area contributed by atoms with Crippen molar-refractivity contribution in [3.63, 3.8) is 0 Å². The van der Waals surface area contributed by atoms with E-state index in [1.54, 1.807) is 30.3 Å². The van der Waals surface area contributed by atoms with E-state index < -0.39 is 18.4 Å². The van der Waals surface area contributed by atoms with E-state index in [2.05, 4.69) is 10.1 Å². The maximum Gasteiger partial charge on any atom is 0.573 e. The summed E-state index contributed by atoms with van der Waals surface area (Å²) in [4.78, 5) is 40.2. The standard InChI is InChI=1S/C30H28F3N3O6/c31-30(32,33)42-26-11-6-22(7-12-26)20-41-25-13-9-24(10-14-25)36(27(37)15-8-21-4-2-1-3-5-21)19-28(38)35-17-16-23(18-35)34-29(39)40/h1-15,23,34H,16-20H2,(H,39,40)/t23-/m0/s1. The molecule has 0 aliphatic carbocycles. The molecular formula is C30H28F3N3O6. The van der Waals surface area contributed by atoms with Gasteiger partial charge in [-0.15, -0.1) is 13.2 Å². The molecule has 1 heterocycles. The normalized spacial score (nSPS) is 14.9. The van der Waals surface area contributed by atoms with Crippen molar-refractivity contribution in [1.82, 2.24) is 10.2 Å². The number of nitrogens with zero attached hydrogens (tertiary/aromatic N) is 2. The highest BCUT2D eigenvalue weighted by Gasteiger charge is 2.31. The lowest BCUT2D eigenvalue weighted by Crippen LogP contribution is -2.43. The second-order valence-corrected chi connectivity index (χ2v) is 9.42. The number of halogens is 3. The number of amides is 3. The third kappa shape index (κ3) is 9.01. The summed E-state index contributed by atoms with van der Waals surface area (Å²) in [5.74, 6) is -0.653. The van der Waals surface area contributed by atoms with E-state index in [0.717, 1.165) is 5.56 Å². The molecule has 0 spiro atoms. The highest BCUT2D eigenvalue weighted by atomic mass is 19.4. The van der Waals surface area contributed by atoms with Crippen molar-refractivity contribution in [1.29, 1.82) is 0 Å². The highest BCUT2D eigenvalue weighted by Crippen LogP contribution is 2.25. The number of hydrogen-bond donors (Lipinski definition) is 2. The molecule has 2 N–H and O–H groups in total. The number of anilines is 1. The van der Waals surface area contributed by atoms with Gasteiger partial charge in [-0.1, -0.05) is 42.5 Å². The third-order valence-corrected chi connectivity index (χ3v) is 6.36. The fourth-order valence-corrected chi connectivity index (χ4v) is 4.31. The van der Waals surface area contributed by atoms with Crippen molar-refractivity contribution in [2.24, 2.45) is 0 Å². The van der Waals surface area contributed by atoms with Gasteiger partial charge >= 0.3 is 12.5 Å². The van der Waals surface area contributed by atoms with Crippen molar-refractivity contribution < 1.29 is 42.1 Å². The summed E-state index contributed by atoms with van der Waals surface area (Å²) in [6, 6.07) is 20.6. The summed E-state index contributed by atoms with van der Waals surface area (Å²) >= 11 is 0. The molecule has 1 atom stereocenters. The number of likely N-dealkylation sites (tertiary alicyclic amines) is 1. The van der Waals surface area contributed by atoms with E-state index in [1.165, 1.54) is 40.1 Å². The van der Waals surface area contributed by atoms with Crippen LogP contribution in [0.1, 0.15) is 17.5 Å². The molecule has 0 saturated carbocycles. The van der Waals surface area contributed by atoms with Crippen molar-refractivity contribution >= 4 is 29.7 Å². The third-order valence-electron chi connectivity index (χ3n) is 6.36. The zero-order valence-electron chi connectivity index (χ0n) is 22.3. The van der Waals surface area contributed by atoms with Gasteiger partial charge in [-0.05, 0) is 60.0 Å². The van der Waals surface area contributed by atoms with E-state index in [4.69, 9.17) is 9.84 Å². The van der Waals surface area contributed by atoms with Crippen LogP contribution in [0.25, 0.3) is 6.08 Å². The minimum atomic E-state index is -4.77. The summed E-state index contributed by atoms with van der Waals surface area (Å²) in [6.07, 6.45) is -2.44. The monoisotopic (exact) mass is 583 g/mol. The Morgan fingerprint density at radius 3 is 2.29 bits per heavy atom. The first-order valence-electron chi connectivity index (χ1n) is 12.9. The first kappa shape index (κ1) is 30.0. The van der Waals surface area contributed by atoms with Gasteiger partial charge in [0.25, 0.3) is 5.91 Å². The molecule has 1 aliphatic rings. The van der Waals surface area contributed by atoms with Crippen LogP contribution < -0.4 is 19.7 Å². The molecule has 1 saturated heterocycles. The molecule has 1 aliphatic heterocycles. The zero-order chi connectivity index (χ0) is 30.1. The Kier molecular flexibility index (Phi) is 9.69. The first-order valence-corrected chi connectivity index (χ1v) is 12.9. The number of carbonyl (C=O) groups excluding carboxylic acids is 2. The molecule has 220 valence electrons. The van der Waals surface area contributed by atoms with Gasteiger partial charge in [0.1, 0.15) is 24.7 Å². The fraction of sp³-hybridized carbons (Fsp3) is 0.233. The molecule has 12 heteroatoms. The largest absolute Gasteiger partial charge is 0.573 e. The highest BCUT2D eigenvalue weighted by molar-refractivity contribution is 6.06. The summed E-state index contributed by atoms with van der Waals surface area (Å²) in [5.41, 5.74) is 1.86. The number of benzene rings is 3. The van der Waals surface area contributed by atoms with Crippen LogP contribution in [0.15, 0.2) is 84.9 Å². The molecule has 0 bridgehead atoms. The predicted octanol–water partition coefficient (Wildman–Crippen LogP) is 5.08. The fourth-order valence-electron chi connectivity index (χ4n) is 4.31. The van der Waals surface area contributed by atoms with Crippen LogP contribution in [-0.4, -0.2) is 60.0 Å². The Bertz CT molecular complexity index is 1400. The van der Waals surface area contributed by atoms with Crippen molar-refractivity contribution in [3.05, 3.63) is 96.1 Å². The molecule has 4 rings (SSSR count). The van der Waals surface area contributed by atoms with E-state index in [1.807, 2.05) is 30.3 Å². The summed E-state index contributed by atoms with van der Waals surface area (Å²) < 4.78 is 46.7. The molecule has 9 nitrogen and oxygen atoms in total.